The predicted molar refractivity (Wildman–Crippen MR) is 279 cm³/mol. The fourth-order valence-corrected chi connectivity index (χ4v) is 9.64. The van der Waals surface area contributed by atoms with E-state index in [4.69, 9.17) is 14.2 Å². The number of aromatic nitrogens is 4. The third-order valence-electron chi connectivity index (χ3n) is 13.0. The molecule has 2 aliphatic heterocycles. The van der Waals surface area contributed by atoms with Gasteiger partial charge in [0.15, 0.2) is 48.6 Å². The van der Waals surface area contributed by atoms with Gasteiger partial charge in [-0.3, -0.25) is 0 Å². The number of rotatable bonds is 20. The standard InChI is InChI=1S/C60H63BF2N5O3.3HI/c1-45-40-53(26-18-47-20-28-55(29-21-47)69-37-9-15-49-12-6-34-64(3)42-49)67-59(45)58(52-24-32-57(33-25-52)71-39-11-17-51-14-8-36-66(5)44-51)60-46(2)41-54(68(60)61(67,62)63)27-19-48-22-30-56(31-23-48)70-38-10-16-50-13-7-35-65(4)43-50;;;/h6-8,12-14,18-36,40-44H,9-11,15-17,37-39H2,1-5H3;3*1H/q+3;;;/p-3/b26-18+,27-19+;;;. The van der Waals surface area contributed by atoms with E-state index >= 15 is 8.63 Å². The number of nitrogens with zero attached hydrogens (tertiary/aromatic N) is 5. The quantitative estimate of drug-likeness (QED) is 0.0506. The van der Waals surface area contributed by atoms with Crippen molar-refractivity contribution in [2.24, 2.45) is 21.1 Å². The Morgan fingerprint density at radius 3 is 1.39 bits per heavy atom. The van der Waals surface area contributed by atoms with Crippen molar-refractivity contribution in [1.82, 2.24) is 4.48 Å². The van der Waals surface area contributed by atoms with E-state index in [0.29, 0.717) is 42.6 Å². The Morgan fingerprint density at radius 1 is 0.541 bits per heavy atom. The summed E-state index contributed by atoms with van der Waals surface area (Å²) in [6, 6.07) is 37.9. The zero-order valence-electron chi connectivity index (χ0n) is 42.6. The molecule has 7 aromatic rings. The lowest BCUT2D eigenvalue weighted by Gasteiger charge is -2.34. The van der Waals surface area contributed by atoms with Crippen molar-refractivity contribution in [2.75, 3.05) is 19.8 Å². The van der Waals surface area contributed by atoms with Gasteiger partial charge < -0.3 is 104 Å². The first kappa shape index (κ1) is 57.8. The van der Waals surface area contributed by atoms with Gasteiger partial charge in [0.2, 0.25) is 0 Å². The second kappa shape index (κ2) is 26.8. The highest BCUT2D eigenvalue weighted by molar-refractivity contribution is 6.58. The molecule has 9 rings (SSSR count). The predicted octanol–water partition coefficient (Wildman–Crippen LogP) is 1.61. The maximum absolute atomic E-state index is 17.8. The first-order valence-corrected chi connectivity index (χ1v) is 24.7. The maximum atomic E-state index is 17.8. The Bertz CT molecular complexity index is 3190. The molecule has 3 aromatic carbocycles. The van der Waals surface area contributed by atoms with Crippen molar-refractivity contribution >= 4 is 36.5 Å². The van der Waals surface area contributed by atoms with Crippen LogP contribution >= 0.6 is 0 Å². The number of fused-ring (bicyclic) bond motifs is 2. The van der Waals surface area contributed by atoms with Crippen LogP contribution in [0.25, 0.3) is 23.8 Å². The molecule has 0 radical (unpaired) electrons. The Kier molecular flexibility index (Phi) is 21.0. The molecule has 0 N–H and O–H groups in total. The van der Waals surface area contributed by atoms with Crippen LogP contribution in [-0.4, -0.2) is 41.5 Å². The molecule has 0 amide bonds. The summed E-state index contributed by atoms with van der Waals surface area (Å²) in [4.78, 5) is 0. The largest absolute Gasteiger partial charge is 1.00 e. The van der Waals surface area contributed by atoms with Gasteiger partial charge in [0, 0.05) is 64.0 Å². The van der Waals surface area contributed by atoms with E-state index in [1.165, 1.54) is 25.7 Å². The van der Waals surface area contributed by atoms with E-state index < -0.39 is 6.97 Å². The third kappa shape index (κ3) is 14.3. The summed E-state index contributed by atoms with van der Waals surface area (Å²) in [5, 5.41) is 0. The summed E-state index contributed by atoms with van der Waals surface area (Å²) in [5.41, 5.74) is 10.5. The highest BCUT2D eigenvalue weighted by Gasteiger charge is 2.55. The number of halogens is 5. The number of pyridine rings is 3. The first-order valence-electron chi connectivity index (χ1n) is 24.7. The van der Waals surface area contributed by atoms with Gasteiger partial charge in [0.25, 0.3) is 0 Å². The minimum atomic E-state index is -4.36. The van der Waals surface area contributed by atoms with Gasteiger partial charge in [0.05, 0.1) is 25.4 Å². The van der Waals surface area contributed by atoms with Gasteiger partial charge in [-0.25, -0.2) is 13.7 Å². The zero-order valence-corrected chi connectivity index (χ0v) is 49.1. The highest BCUT2D eigenvalue weighted by atomic mass is 127. The van der Waals surface area contributed by atoms with Gasteiger partial charge in [0.1, 0.15) is 38.4 Å². The SMILES string of the molecule is CC1=CC(/C=C/c2ccc(OCCCc3ccc[n+](C)c3)cc2)=[N+]2C1=C(c1ccc(OCCCc3ccc[n+](C)c3)cc1)c1c(C)cc(/C=C/c3ccc(OCCCc4ccc[n+](C)c4)cc3)n1[B-]2(F)F.[I-].[I-].[I-]. The van der Waals surface area contributed by atoms with Gasteiger partial charge in [-0.15, -0.1) is 0 Å². The van der Waals surface area contributed by atoms with Crippen molar-refractivity contribution in [3.05, 3.63) is 226 Å². The van der Waals surface area contributed by atoms with Crippen LogP contribution in [0.1, 0.15) is 76.5 Å². The Balaban J connectivity index is 0.00000297. The summed E-state index contributed by atoms with van der Waals surface area (Å²) in [7, 11) is 6.07. The second-order valence-electron chi connectivity index (χ2n) is 18.7. The molecule has 0 unspecified atom stereocenters. The van der Waals surface area contributed by atoms with Crippen LogP contribution in [0.4, 0.5) is 8.63 Å². The van der Waals surface area contributed by atoms with Crippen LogP contribution in [0, 0.1) is 6.92 Å². The average Bonchev–Trinajstić information content (AvgIpc) is 3.89. The van der Waals surface area contributed by atoms with Gasteiger partial charge in [-0.05, 0) is 147 Å². The third-order valence-corrected chi connectivity index (χ3v) is 13.0. The normalized spacial score (nSPS) is 13.5. The second-order valence-corrected chi connectivity index (χ2v) is 18.7. The summed E-state index contributed by atoms with van der Waals surface area (Å²) < 4.78 is 62.5. The summed E-state index contributed by atoms with van der Waals surface area (Å²) >= 11 is 0. The number of hydrogen-bond acceptors (Lipinski definition) is 3. The summed E-state index contributed by atoms with van der Waals surface area (Å²) in [6.45, 7) is 1.24. The Morgan fingerprint density at radius 2 is 0.959 bits per heavy atom. The molecule has 4 aromatic heterocycles. The van der Waals surface area contributed by atoms with E-state index in [2.05, 4.69) is 68.7 Å². The van der Waals surface area contributed by atoms with E-state index in [9.17, 15) is 0 Å². The van der Waals surface area contributed by atoms with Crippen molar-refractivity contribution in [3.63, 3.8) is 0 Å². The molecular weight excluding hydrogens is 1270 g/mol. The smallest absolute Gasteiger partial charge is 0.737 e. The summed E-state index contributed by atoms with van der Waals surface area (Å²) in [5.74, 6) is 2.28. The monoisotopic (exact) mass is 1330 g/mol. The molecule has 0 spiro atoms. The minimum Gasteiger partial charge on any atom is -1.00 e. The number of benzene rings is 3. The lowest BCUT2D eigenvalue weighted by molar-refractivity contribution is -0.672. The number of aryl methyl sites for hydroxylation is 7. The fourth-order valence-electron chi connectivity index (χ4n) is 9.64. The van der Waals surface area contributed by atoms with Gasteiger partial charge in [-0.1, -0.05) is 42.5 Å². The molecule has 74 heavy (non-hydrogen) atoms. The lowest BCUT2D eigenvalue weighted by atomic mass is 9.83. The van der Waals surface area contributed by atoms with Crippen molar-refractivity contribution in [3.8, 4) is 17.2 Å². The molecule has 0 aliphatic carbocycles. The van der Waals surface area contributed by atoms with E-state index in [1.54, 1.807) is 12.2 Å². The molecule has 14 heteroatoms. The molecule has 8 nitrogen and oxygen atoms in total. The Labute approximate surface area is 486 Å². The van der Waals surface area contributed by atoms with Crippen molar-refractivity contribution < 1.29 is 113 Å². The van der Waals surface area contributed by atoms with Crippen LogP contribution in [0.3, 0.4) is 0 Å². The van der Waals surface area contributed by atoms with Crippen molar-refractivity contribution in [1.29, 1.82) is 0 Å². The topological polar surface area (TPSA) is 47.3 Å². The minimum absolute atomic E-state index is 0. The molecule has 0 fully saturated rings. The lowest BCUT2D eigenvalue weighted by Crippen LogP contribution is -3.00. The van der Waals surface area contributed by atoms with Crippen LogP contribution in [0.15, 0.2) is 176 Å². The van der Waals surface area contributed by atoms with Crippen LogP contribution in [-0.2, 0) is 40.4 Å². The molecule has 0 atom stereocenters. The maximum Gasteiger partial charge on any atom is 0.737 e. The van der Waals surface area contributed by atoms with Crippen LogP contribution in [0.2, 0.25) is 0 Å². The molecule has 0 bridgehead atoms. The molecule has 0 saturated heterocycles. The van der Waals surface area contributed by atoms with E-state index in [0.717, 1.165) is 89.2 Å². The van der Waals surface area contributed by atoms with Crippen molar-refractivity contribution in [2.45, 2.75) is 52.4 Å². The molecule has 0 saturated carbocycles. The fraction of sp³-hybridized carbons (Fsp3) is 0.233. The van der Waals surface area contributed by atoms with E-state index in [-0.39, 0.29) is 71.9 Å². The summed E-state index contributed by atoms with van der Waals surface area (Å²) in [6.07, 6.45) is 27.1. The van der Waals surface area contributed by atoms with Crippen LogP contribution in [0.5, 0.6) is 17.2 Å². The highest BCUT2D eigenvalue weighted by Crippen LogP contribution is 2.45. The Hall–Kier alpha value is -5.47. The van der Waals surface area contributed by atoms with Gasteiger partial charge in [-0.2, -0.15) is 0 Å². The number of ether oxygens (including phenoxy) is 3. The van der Waals surface area contributed by atoms with Gasteiger partial charge >= 0.3 is 6.97 Å². The first-order chi connectivity index (χ1) is 34.5. The van der Waals surface area contributed by atoms with E-state index in [1.807, 2.05) is 151 Å². The zero-order chi connectivity index (χ0) is 49.3. The average molecular weight is 1330 g/mol. The number of hydrogen-bond donors (Lipinski definition) is 0. The molecule has 6 heterocycles. The molecular formula is C60H63BF2I3N5O3. The molecule has 384 valence electrons. The number of allylic oxidation sites excluding steroid dienone is 3. The molecule has 2 aliphatic rings. The van der Waals surface area contributed by atoms with Crippen LogP contribution < -0.4 is 99.8 Å².